The van der Waals surface area contributed by atoms with Gasteiger partial charge in [0.2, 0.25) is 27.7 Å². The zero-order valence-electron chi connectivity index (χ0n) is 29.2. The minimum atomic E-state index is -3.84. The van der Waals surface area contributed by atoms with E-state index in [0.29, 0.717) is 38.8 Å². The number of carbonyl (C=O) groups is 5. The van der Waals surface area contributed by atoms with E-state index < -0.39 is 80.0 Å². The molecule has 278 valence electrons. The Balaban J connectivity index is 1.16. The number of rotatable bonds is 14. The molecule has 0 radical (unpaired) electrons. The van der Waals surface area contributed by atoms with Crippen molar-refractivity contribution in [1.29, 1.82) is 0 Å². The van der Waals surface area contributed by atoms with Crippen LogP contribution in [-0.4, -0.2) is 102 Å². The van der Waals surface area contributed by atoms with Gasteiger partial charge in [-0.3, -0.25) is 28.8 Å². The summed E-state index contributed by atoms with van der Waals surface area (Å²) in [5.41, 5.74) is 6.66. The number of nitrogens with zero attached hydrogens (tertiary/aromatic N) is 2. The Morgan fingerprint density at radius 3 is 2.51 bits per heavy atom. The number of hydrogen-bond donors (Lipinski definition) is 5. The van der Waals surface area contributed by atoms with Crippen LogP contribution in [0.5, 0.6) is 0 Å². The van der Waals surface area contributed by atoms with E-state index in [9.17, 15) is 37.5 Å². The van der Waals surface area contributed by atoms with Crippen LogP contribution in [0.2, 0.25) is 0 Å². The Morgan fingerprint density at radius 1 is 1.16 bits per heavy atom. The van der Waals surface area contributed by atoms with Gasteiger partial charge in [-0.25, -0.2) is 13.2 Å². The van der Waals surface area contributed by atoms with Crippen LogP contribution in [0.4, 0.5) is 4.79 Å². The summed E-state index contributed by atoms with van der Waals surface area (Å²) in [6.07, 6.45) is 6.07. The van der Waals surface area contributed by atoms with Crippen LogP contribution in [0.1, 0.15) is 69.6 Å². The molecule has 4 aliphatic rings. The van der Waals surface area contributed by atoms with E-state index in [1.807, 2.05) is 24.3 Å². The van der Waals surface area contributed by atoms with Crippen LogP contribution in [0.15, 0.2) is 36.9 Å². The molecule has 0 spiro atoms. The zero-order valence-corrected chi connectivity index (χ0v) is 30.0. The number of ether oxygens (including phenoxy) is 1. The van der Waals surface area contributed by atoms with Gasteiger partial charge in [0.05, 0.1) is 25.0 Å². The van der Waals surface area contributed by atoms with Gasteiger partial charge >= 0.3 is 6.09 Å². The van der Waals surface area contributed by atoms with E-state index in [-0.39, 0.29) is 26.2 Å². The molecule has 5 rings (SSSR count). The van der Waals surface area contributed by atoms with E-state index in [4.69, 9.17) is 10.5 Å². The highest BCUT2D eigenvalue weighted by Gasteiger charge is 2.61. The molecule has 6 N–H and O–H groups in total. The summed E-state index contributed by atoms with van der Waals surface area (Å²) in [6.45, 7) is 9.94. The van der Waals surface area contributed by atoms with Crippen molar-refractivity contribution in [2.24, 2.45) is 17.1 Å². The Hall–Kier alpha value is -4.28. The molecule has 15 nitrogen and oxygen atoms in total. The van der Waals surface area contributed by atoms with E-state index in [0.717, 1.165) is 16.7 Å². The van der Waals surface area contributed by atoms with Gasteiger partial charge in [0.1, 0.15) is 23.7 Å². The van der Waals surface area contributed by atoms with Crippen LogP contribution in [-0.2, 0) is 47.0 Å². The molecular weight excluding hydrogens is 680 g/mol. The van der Waals surface area contributed by atoms with Crippen molar-refractivity contribution in [3.05, 3.63) is 53.6 Å². The van der Waals surface area contributed by atoms with Gasteiger partial charge in [0.25, 0.3) is 5.91 Å². The summed E-state index contributed by atoms with van der Waals surface area (Å²) in [5, 5.41) is 14.2. The Bertz CT molecular complexity index is 1720. The highest BCUT2D eigenvalue weighted by atomic mass is 32.2. The van der Waals surface area contributed by atoms with Gasteiger partial charge < -0.3 is 31.1 Å². The molecule has 51 heavy (non-hydrogen) atoms. The van der Waals surface area contributed by atoms with Gasteiger partial charge in [0.15, 0.2) is 0 Å². The van der Waals surface area contributed by atoms with Gasteiger partial charge in [-0.2, -0.15) is 0 Å². The number of carbonyl (C=O) groups excluding carboxylic acids is 4. The van der Waals surface area contributed by atoms with E-state index in [1.165, 1.54) is 15.9 Å². The van der Waals surface area contributed by atoms with Crippen molar-refractivity contribution in [2.75, 3.05) is 19.8 Å². The maximum Gasteiger partial charge on any atom is 0.407 e. The molecule has 2 aliphatic carbocycles. The van der Waals surface area contributed by atoms with Crippen molar-refractivity contribution in [2.45, 2.75) is 94.9 Å². The third-order valence-corrected chi connectivity index (χ3v) is 11.7. The number of benzene rings is 1. The lowest BCUT2D eigenvalue weighted by Gasteiger charge is -2.36. The molecule has 1 aromatic carbocycles. The molecule has 1 aromatic rings. The maximum absolute atomic E-state index is 14.0. The molecule has 0 unspecified atom stereocenters. The Labute approximate surface area is 298 Å². The standard InChI is InChI=1S/C35H48N6O9S/c1-5-23-17-35(23,32(45)39-51(48,49)24-13-14-24)38-30(43)27-12-7-15-41(27)31(44)28(34(2,3)4)37-29(42)26(36)20-50-16-8-11-21-9-6-10-22-18-40(33(46)47)19-25(21)22/h5-6,8-11,23-24,26-28H,1,7,12-20,36H2,2-4H3,(H,37,42)(H,38,43)(H,39,45)(H,46,47)/b11-8+/t23-,26+,27+,28-,35-/m1/s1. The lowest BCUT2D eigenvalue weighted by Crippen LogP contribution is -2.61. The number of sulfonamides is 1. The second-order valence-electron chi connectivity index (χ2n) is 14.8. The van der Waals surface area contributed by atoms with Crippen molar-refractivity contribution >= 4 is 45.8 Å². The molecule has 0 bridgehead atoms. The highest BCUT2D eigenvalue weighted by molar-refractivity contribution is 7.91. The third-order valence-electron chi connectivity index (χ3n) is 9.92. The van der Waals surface area contributed by atoms with Gasteiger partial charge in [0, 0.05) is 19.0 Å². The predicted molar refractivity (Wildman–Crippen MR) is 187 cm³/mol. The average molecular weight is 729 g/mol. The van der Waals surface area contributed by atoms with Crippen molar-refractivity contribution in [1.82, 2.24) is 25.2 Å². The lowest BCUT2D eigenvalue weighted by atomic mass is 9.85. The first-order chi connectivity index (χ1) is 24.0. The fourth-order valence-electron chi connectivity index (χ4n) is 6.64. The van der Waals surface area contributed by atoms with E-state index in [1.54, 1.807) is 26.8 Å². The van der Waals surface area contributed by atoms with E-state index in [2.05, 4.69) is 21.9 Å². The summed E-state index contributed by atoms with van der Waals surface area (Å²) < 4.78 is 32.7. The van der Waals surface area contributed by atoms with Crippen LogP contribution in [0.25, 0.3) is 6.08 Å². The molecule has 0 aromatic heterocycles. The Morgan fingerprint density at radius 2 is 1.88 bits per heavy atom. The molecule has 2 saturated carbocycles. The second-order valence-corrected chi connectivity index (χ2v) is 16.8. The zero-order chi connectivity index (χ0) is 37.3. The van der Waals surface area contributed by atoms with Crippen molar-refractivity contribution in [3.63, 3.8) is 0 Å². The first-order valence-electron chi connectivity index (χ1n) is 17.2. The number of nitrogens with one attached hydrogen (secondary N) is 3. The summed E-state index contributed by atoms with van der Waals surface area (Å²) >= 11 is 0. The number of carboxylic acid groups (broad SMARTS) is 1. The molecular formula is C35H48N6O9S. The number of fused-ring (bicyclic) bond motifs is 1. The van der Waals surface area contributed by atoms with Gasteiger partial charge in [-0.1, -0.05) is 57.2 Å². The Kier molecular flexibility index (Phi) is 11.0. The minimum Gasteiger partial charge on any atom is -0.465 e. The monoisotopic (exact) mass is 728 g/mol. The molecule has 3 fully saturated rings. The molecule has 5 atom stereocenters. The largest absolute Gasteiger partial charge is 0.465 e. The van der Waals surface area contributed by atoms with Crippen molar-refractivity contribution < 1.29 is 42.2 Å². The summed E-state index contributed by atoms with van der Waals surface area (Å²) in [5.74, 6) is -2.95. The first kappa shape index (κ1) is 38.0. The number of likely N-dealkylation sites (tertiary alicyclic amines) is 1. The number of amides is 5. The SMILES string of the molecule is C=C[C@@H]1C[C@]1(NC(=O)[C@@H]1CCCN1C(=O)[C@@H](NC(=O)[C@@H](N)COC/C=C/c1cccc2c1CN(C(=O)O)C2)C(C)(C)C)C(=O)NS(=O)(=O)C1CC1. The van der Waals surface area contributed by atoms with Crippen LogP contribution in [0, 0.1) is 11.3 Å². The summed E-state index contributed by atoms with van der Waals surface area (Å²) in [6, 6.07) is 2.57. The molecule has 5 amide bonds. The topological polar surface area (TPSA) is 218 Å². The summed E-state index contributed by atoms with van der Waals surface area (Å²) in [7, 11) is -3.84. The van der Waals surface area contributed by atoms with Crippen molar-refractivity contribution in [3.8, 4) is 0 Å². The fourth-order valence-corrected chi connectivity index (χ4v) is 8.00. The minimum absolute atomic E-state index is 0.137. The predicted octanol–water partition coefficient (Wildman–Crippen LogP) is 1.23. The smallest absolute Gasteiger partial charge is 0.407 e. The average Bonchev–Trinajstić information content (AvgIpc) is 3.94. The van der Waals surface area contributed by atoms with Crippen LogP contribution >= 0.6 is 0 Å². The summed E-state index contributed by atoms with van der Waals surface area (Å²) in [4.78, 5) is 68.1. The molecule has 2 heterocycles. The van der Waals surface area contributed by atoms with Crippen LogP contribution < -0.4 is 21.1 Å². The molecule has 2 aliphatic heterocycles. The molecule has 16 heteroatoms. The van der Waals surface area contributed by atoms with Crippen LogP contribution in [0.3, 0.4) is 0 Å². The number of hydrogen-bond acceptors (Lipinski definition) is 9. The normalized spacial score (nSPS) is 24.1. The van der Waals surface area contributed by atoms with E-state index >= 15 is 0 Å². The van der Waals surface area contributed by atoms with Gasteiger partial charge in [-0.15, -0.1) is 6.58 Å². The number of nitrogens with two attached hydrogens (primary N) is 1. The van der Waals surface area contributed by atoms with Gasteiger partial charge in [-0.05, 0) is 54.2 Å². The quantitative estimate of drug-likeness (QED) is 0.136. The first-order valence-corrected chi connectivity index (χ1v) is 18.7. The second kappa shape index (κ2) is 14.8. The fraction of sp³-hybridized carbons (Fsp3) is 0.571. The molecule has 1 saturated heterocycles. The maximum atomic E-state index is 14.0. The lowest BCUT2D eigenvalue weighted by molar-refractivity contribution is -0.144. The third kappa shape index (κ3) is 8.45. The highest BCUT2D eigenvalue weighted by Crippen LogP contribution is 2.45.